The Kier molecular flexibility index (Phi) is 4.61. The first-order valence-electron chi connectivity index (χ1n) is 6.34. The number of nitrogens with two attached hydrogens (primary N) is 1. The van der Waals surface area contributed by atoms with Crippen LogP contribution >= 0.6 is 0 Å². The number of hydrogen-bond donors (Lipinski definition) is 2. The van der Waals surface area contributed by atoms with E-state index in [1.807, 2.05) is 19.1 Å². The van der Waals surface area contributed by atoms with Crippen LogP contribution in [-0.2, 0) is 6.61 Å². The van der Waals surface area contributed by atoms with Gasteiger partial charge in [0.1, 0.15) is 18.1 Å². The van der Waals surface area contributed by atoms with Gasteiger partial charge in [-0.3, -0.25) is 4.98 Å². The number of rotatable bonds is 5. The van der Waals surface area contributed by atoms with Gasteiger partial charge < -0.3 is 20.4 Å². The van der Waals surface area contributed by atoms with Crippen LogP contribution in [0.3, 0.4) is 0 Å². The van der Waals surface area contributed by atoms with E-state index in [-0.39, 0.29) is 5.84 Å². The van der Waals surface area contributed by atoms with Crippen LogP contribution in [0.2, 0.25) is 0 Å². The molecule has 0 radical (unpaired) electrons. The fourth-order valence-corrected chi connectivity index (χ4v) is 1.80. The first kappa shape index (κ1) is 14.6. The Morgan fingerprint density at radius 3 is 2.76 bits per heavy atom. The third-order valence-corrected chi connectivity index (χ3v) is 3.01. The molecule has 110 valence electrons. The molecule has 0 fully saturated rings. The van der Waals surface area contributed by atoms with E-state index in [2.05, 4.69) is 10.1 Å². The van der Waals surface area contributed by atoms with Gasteiger partial charge in [-0.15, -0.1) is 0 Å². The lowest BCUT2D eigenvalue weighted by molar-refractivity contribution is 0.298. The molecule has 1 heterocycles. The van der Waals surface area contributed by atoms with E-state index in [1.54, 1.807) is 24.4 Å². The molecule has 6 nitrogen and oxygen atoms in total. The molecule has 0 aliphatic carbocycles. The molecule has 21 heavy (non-hydrogen) atoms. The summed E-state index contributed by atoms with van der Waals surface area (Å²) in [7, 11) is 1.54. The van der Waals surface area contributed by atoms with E-state index in [0.717, 1.165) is 11.3 Å². The lowest BCUT2D eigenvalue weighted by Gasteiger charge is -2.11. The highest BCUT2D eigenvalue weighted by Gasteiger charge is 2.07. The largest absolute Gasteiger partial charge is 0.497 e. The molecule has 1 aromatic carbocycles. The molecular weight excluding hydrogens is 270 g/mol. The molecule has 0 amide bonds. The Bertz CT molecular complexity index is 656. The minimum atomic E-state index is -0.00670. The summed E-state index contributed by atoms with van der Waals surface area (Å²) in [6, 6.07) is 8.91. The van der Waals surface area contributed by atoms with Gasteiger partial charge >= 0.3 is 0 Å². The number of amidine groups is 1. The number of oxime groups is 1. The SMILES string of the molecule is COc1cc(OCc2ncccc2C)cc(/C(N)=N/O)c1. The number of aryl methyl sites for hydroxylation is 1. The van der Waals surface area contributed by atoms with Gasteiger partial charge in [0, 0.05) is 17.8 Å². The zero-order valence-corrected chi connectivity index (χ0v) is 11.9. The summed E-state index contributed by atoms with van der Waals surface area (Å²) >= 11 is 0. The number of pyridine rings is 1. The van der Waals surface area contributed by atoms with Crippen LogP contribution in [0.25, 0.3) is 0 Å². The van der Waals surface area contributed by atoms with E-state index < -0.39 is 0 Å². The third kappa shape index (κ3) is 3.62. The fraction of sp³-hybridized carbons (Fsp3) is 0.200. The molecule has 0 atom stereocenters. The number of aromatic nitrogens is 1. The molecule has 6 heteroatoms. The highest BCUT2D eigenvalue weighted by Crippen LogP contribution is 2.23. The summed E-state index contributed by atoms with van der Waals surface area (Å²) in [5, 5.41) is 11.7. The molecule has 2 rings (SSSR count). The maximum absolute atomic E-state index is 8.76. The van der Waals surface area contributed by atoms with Gasteiger partial charge in [-0.25, -0.2) is 0 Å². The molecule has 0 aliphatic heterocycles. The molecule has 0 bridgehead atoms. The minimum absolute atomic E-state index is 0.00670. The highest BCUT2D eigenvalue weighted by molar-refractivity contribution is 5.97. The summed E-state index contributed by atoms with van der Waals surface area (Å²) in [6.07, 6.45) is 1.72. The van der Waals surface area contributed by atoms with E-state index >= 15 is 0 Å². The Balaban J connectivity index is 2.21. The highest BCUT2D eigenvalue weighted by atomic mass is 16.5. The van der Waals surface area contributed by atoms with Crippen molar-refractivity contribution >= 4 is 5.84 Å². The topological polar surface area (TPSA) is 90.0 Å². The molecule has 1 aromatic heterocycles. The quantitative estimate of drug-likeness (QED) is 0.380. The average Bonchev–Trinajstić information content (AvgIpc) is 2.53. The number of ether oxygens (including phenoxy) is 2. The van der Waals surface area contributed by atoms with Gasteiger partial charge in [0.15, 0.2) is 5.84 Å². The maximum Gasteiger partial charge on any atom is 0.170 e. The zero-order valence-electron chi connectivity index (χ0n) is 11.9. The van der Waals surface area contributed by atoms with E-state index in [9.17, 15) is 0 Å². The average molecular weight is 287 g/mol. The third-order valence-electron chi connectivity index (χ3n) is 3.01. The molecule has 2 aromatic rings. The standard InChI is InChI=1S/C15H17N3O3/c1-10-4-3-5-17-14(10)9-21-13-7-11(15(16)18-19)6-12(8-13)20-2/h3-8,19H,9H2,1-2H3,(H2,16,18). The van der Waals surface area contributed by atoms with Crippen molar-refractivity contribution in [3.8, 4) is 11.5 Å². The summed E-state index contributed by atoms with van der Waals surface area (Å²) in [5.74, 6) is 1.11. The van der Waals surface area contributed by atoms with Crippen LogP contribution in [0.4, 0.5) is 0 Å². The van der Waals surface area contributed by atoms with Crippen molar-refractivity contribution < 1.29 is 14.7 Å². The van der Waals surface area contributed by atoms with Crippen molar-refractivity contribution in [2.24, 2.45) is 10.9 Å². The molecular formula is C15H17N3O3. The van der Waals surface area contributed by atoms with Crippen molar-refractivity contribution in [3.63, 3.8) is 0 Å². The van der Waals surface area contributed by atoms with Gasteiger partial charge in [-0.2, -0.15) is 0 Å². The molecule has 0 saturated carbocycles. The number of methoxy groups -OCH3 is 1. The number of nitrogens with zero attached hydrogens (tertiary/aromatic N) is 2. The Morgan fingerprint density at radius 1 is 1.33 bits per heavy atom. The van der Waals surface area contributed by atoms with Gasteiger partial charge in [0.05, 0.1) is 12.8 Å². The van der Waals surface area contributed by atoms with Crippen LogP contribution in [0, 0.1) is 6.92 Å². The van der Waals surface area contributed by atoms with Crippen molar-refractivity contribution in [2.75, 3.05) is 7.11 Å². The molecule has 0 unspecified atom stereocenters. The monoisotopic (exact) mass is 287 g/mol. The summed E-state index contributed by atoms with van der Waals surface area (Å²) in [5.41, 5.74) is 8.02. The molecule has 0 spiro atoms. The second-order valence-electron chi connectivity index (χ2n) is 4.44. The van der Waals surface area contributed by atoms with Gasteiger partial charge in [0.2, 0.25) is 0 Å². The maximum atomic E-state index is 8.76. The van der Waals surface area contributed by atoms with E-state index in [0.29, 0.717) is 23.7 Å². The first-order valence-corrected chi connectivity index (χ1v) is 6.34. The van der Waals surface area contributed by atoms with Crippen LogP contribution in [0.15, 0.2) is 41.7 Å². The Morgan fingerprint density at radius 2 is 2.10 bits per heavy atom. The molecule has 3 N–H and O–H groups in total. The van der Waals surface area contributed by atoms with E-state index in [1.165, 1.54) is 7.11 Å². The molecule has 0 saturated heterocycles. The summed E-state index contributed by atoms with van der Waals surface area (Å²) < 4.78 is 10.9. The lowest BCUT2D eigenvalue weighted by atomic mass is 10.2. The number of benzene rings is 1. The van der Waals surface area contributed by atoms with Crippen molar-refractivity contribution in [1.82, 2.24) is 4.98 Å². The minimum Gasteiger partial charge on any atom is -0.497 e. The second kappa shape index (κ2) is 6.60. The van der Waals surface area contributed by atoms with Gasteiger partial charge in [0.25, 0.3) is 0 Å². The summed E-state index contributed by atoms with van der Waals surface area (Å²) in [4.78, 5) is 4.26. The smallest absolute Gasteiger partial charge is 0.170 e. The summed E-state index contributed by atoms with van der Waals surface area (Å²) in [6.45, 7) is 2.30. The molecule has 0 aliphatic rings. The number of hydrogen-bond acceptors (Lipinski definition) is 5. The van der Waals surface area contributed by atoms with Crippen LogP contribution in [-0.4, -0.2) is 23.1 Å². The van der Waals surface area contributed by atoms with E-state index in [4.69, 9.17) is 20.4 Å². The second-order valence-corrected chi connectivity index (χ2v) is 4.44. The lowest BCUT2D eigenvalue weighted by Crippen LogP contribution is -2.13. The first-order chi connectivity index (χ1) is 10.1. The van der Waals surface area contributed by atoms with Crippen LogP contribution < -0.4 is 15.2 Å². The van der Waals surface area contributed by atoms with Crippen molar-refractivity contribution in [3.05, 3.63) is 53.3 Å². The Hall–Kier alpha value is -2.76. The zero-order chi connectivity index (χ0) is 15.2. The predicted octanol–water partition coefficient (Wildman–Crippen LogP) is 2.07. The fourth-order valence-electron chi connectivity index (χ4n) is 1.80. The van der Waals surface area contributed by atoms with Crippen LogP contribution in [0.1, 0.15) is 16.8 Å². The van der Waals surface area contributed by atoms with Gasteiger partial charge in [-0.1, -0.05) is 11.2 Å². The Labute approximate surface area is 122 Å². The van der Waals surface area contributed by atoms with Crippen LogP contribution in [0.5, 0.6) is 11.5 Å². The van der Waals surface area contributed by atoms with Crippen molar-refractivity contribution in [2.45, 2.75) is 13.5 Å². The predicted molar refractivity (Wildman–Crippen MR) is 78.8 cm³/mol. The normalized spacial score (nSPS) is 11.2. The van der Waals surface area contributed by atoms with Gasteiger partial charge in [-0.05, 0) is 30.7 Å². The van der Waals surface area contributed by atoms with Crippen molar-refractivity contribution in [1.29, 1.82) is 0 Å².